The standard InChI is InChI=1S/C75H101FN18O17/c1-9-47-33-51(111-28-13-12-26-77)23-24-52(47)48-21-19-45(20-22-48)32-55(66(103)83-54(64(78)101)18-14-15-46-30-41(2)29-42(3)31-46)84-67(104)57(35-61(99)100)85-68(105)58(39-95)86-69(106)62(43(4)96)89-73(110)75(8,36-49-16-10-11-17-53(49)76)90-70(107)63(44(5)97)88-60(98)38-81-65(102)56(34-59-91-93-94-92-59)87-72(109)74(6,7)71(108)80-27-25-50-37-79-40-82-50/h10-11,16-17,19-24,29-31,33,37,40,43-44,54-58,62-63,95-97H,9,12-15,18,25-28,32,34-36,38-39,77H2,1-8H3,(H2,78,101)(H,79,82)(H,80,108)(H,81,102)(H,83,103)(H,84,104)(H,85,105)(H,86,106)(H,87,109)(H,88,98)(H,89,110)(H,90,107)(H,99,100)(H,91,92,93,94)/t43-,44-,54+,55+,56+,57+,58+,62-,63+,75+/m1/s1. The second kappa shape index (κ2) is 42.4. The number of hydrogen-bond donors (Lipinski definition) is 18. The van der Waals surface area contributed by atoms with Crippen LogP contribution in [0.25, 0.3) is 11.1 Å². The first-order chi connectivity index (χ1) is 52.6. The van der Waals surface area contributed by atoms with Crippen LogP contribution in [0.3, 0.4) is 0 Å². The van der Waals surface area contributed by atoms with Crippen molar-refractivity contribution in [3.8, 4) is 16.9 Å². The van der Waals surface area contributed by atoms with Crippen LogP contribution in [0.2, 0.25) is 0 Å². The quantitative estimate of drug-likeness (QED) is 0.0154. The Hall–Kier alpha value is -11.6. The van der Waals surface area contributed by atoms with E-state index < -0.39 is 175 Å². The van der Waals surface area contributed by atoms with Gasteiger partial charge in [0.15, 0.2) is 5.82 Å². The molecule has 0 saturated carbocycles. The smallest absolute Gasteiger partial charge is 0.305 e. The lowest BCUT2D eigenvalue weighted by atomic mass is 9.90. The van der Waals surface area contributed by atoms with Gasteiger partial charge in [0.1, 0.15) is 64.8 Å². The van der Waals surface area contributed by atoms with E-state index in [1.807, 2.05) is 57.2 Å². The fourth-order valence-electron chi connectivity index (χ4n) is 11.8. The second-order valence-electron chi connectivity index (χ2n) is 27.8. The van der Waals surface area contributed by atoms with E-state index in [-0.39, 0.29) is 30.8 Å². The van der Waals surface area contributed by atoms with Crippen LogP contribution in [0.1, 0.15) is 119 Å². The Morgan fingerprint density at radius 1 is 0.649 bits per heavy atom. The molecule has 11 amide bonds. The number of carbonyl (C=O) groups is 12. The monoisotopic (exact) mass is 1540 g/mol. The summed E-state index contributed by atoms with van der Waals surface area (Å²) >= 11 is 0. The average molecular weight is 1550 g/mol. The maximum Gasteiger partial charge on any atom is 0.305 e. The van der Waals surface area contributed by atoms with Gasteiger partial charge in [0.2, 0.25) is 65.0 Å². The number of amides is 11. The topological polar surface area (TPSA) is 550 Å². The molecule has 6 aromatic rings. The molecule has 0 saturated heterocycles. The highest BCUT2D eigenvalue weighted by Crippen LogP contribution is 2.29. The number of aromatic nitrogens is 6. The van der Waals surface area contributed by atoms with Crippen molar-refractivity contribution in [2.75, 3.05) is 32.8 Å². The zero-order valence-electron chi connectivity index (χ0n) is 63.2. The first-order valence-electron chi connectivity index (χ1n) is 36.2. The SMILES string of the molecule is CCc1cc(OCCCCN)ccc1-c1ccc(C[C@H](NC(=O)[C@H](CC(=O)O)NC(=O)[C@H](CO)NC(=O)[C@H](NC(=O)[C@](C)(Cc2ccccc2F)NC(=O)[C@@H](NC(=O)CNC(=O)[C@H](Cc2nn[nH]n2)NC(=O)C(C)(C)C(=O)NCCc2cnc[nH]2)[C@@H](C)O)[C@@H](C)O)C(=O)N[C@@H](CCCc2cc(C)cc(C)c2)C(N)=O)cc1. The van der Waals surface area contributed by atoms with E-state index >= 15 is 4.39 Å². The third-order valence-electron chi connectivity index (χ3n) is 18.1. The van der Waals surface area contributed by atoms with E-state index in [4.69, 9.17) is 16.2 Å². The molecule has 0 unspecified atom stereocenters. The number of carboxylic acids is 1. The number of nitrogens with zero attached hydrogens (tertiary/aromatic N) is 4. The third-order valence-corrected chi connectivity index (χ3v) is 18.1. The predicted octanol–water partition coefficient (Wildman–Crippen LogP) is -1.44. The minimum atomic E-state index is -2.40. The number of H-pyrrole nitrogens is 2. The van der Waals surface area contributed by atoms with E-state index in [0.29, 0.717) is 55.8 Å². The number of aliphatic hydroxyl groups is 3. The van der Waals surface area contributed by atoms with Gasteiger partial charge in [-0.2, -0.15) is 5.21 Å². The van der Waals surface area contributed by atoms with Gasteiger partial charge in [-0.1, -0.05) is 90.0 Å². The van der Waals surface area contributed by atoms with Gasteiger partial charge in [0.05, 0.1) is 44.7 Å². The highest BCUT2D eigenvalue weighted by molar-refractivity contribution is 6.06. The Balaban J connectivity index is 1.17. The number of aryl methyl sites for hydroxylation is 4. The molecule has 600 valence electrons. The van der Waals surface area contributed by atoms with Crippen LogP contribution >= 0.6 is 0 Å². The van der Waals surface area contributed by atoms with Crippen molar-refractivity contribution in [2.45, 2.75) is 186 Å². The number of ether oxygens (including phenoxy) is 1. The van der Waals surface area contributed by atoms with Gasteiger partial charge in [-0.05, 0) is 145 Å². The summed E-state index contributed by atoms with van der Waals surface area (Å²) in [7, 11) is 0. The number of aliphatic hydroxyl groups excluding tert-OH is 3. The molecule has 36 heteroatoms. The van der Waals surface area contributed by atoms with E-state index in [2.05, 4.69) is 83.8 Å². The number of unbranched alkanes of at least 4 members (excludes halogenated alkanes) is 1. The molecule has 4 aromatic carbocycles. The van der Waals surface area contributed by atoms with Crippen LogP contribution < -0.4 is 69.4 Å². The lowest BCUT2D eigenvalue weighted by Crippen LogP contribution is -2.67. The molecule has 0 aliphatic carbocycles. The van der Waals surface area contributed by atoms with Crippen LogP contribution in [0.5, 0.6) is 5.75 Å². The fraction of sp³-hybridized carbons (Fsp3) is 0.467. The van der Waals surface area contributed by atoms with Crippen molar-refractivity contribution in [1.82, 2.24) is 83.8 Å². The number of aliphatic carboxylic acids is 1. The summed E-state index contributed by atoms with van der Waals surface area (Å²) in [6.07, 6.45) is 0.361. The van der Waals surface area contributed by atoms with Gasteiger partial charge < -0.3 is 94.8 Å². The number of imidazole rings is 1. The van der Waals surface area contributed by atoms with Gasteiger partial charge in [-0.15, -0.1) is 10.2 Å². The zero-order valence-corrected chi connectivity index (χ0v) is 63.2. The summed E-state index contributed by atoms with van der Waals surface area (Å²) < 4.78 is 21.5. The lowest BCUT2D eigenvalue weighted by molar-refractivity contribution is -0.143. The summed E-state index contributed by atoms with van der Waals surface area (Å²) in [6.45, 7) is 10.6. The number of rotatable bonds is 45. The summed E-state index contributed by atoms with van der Waals surface area (Å²) in [5.74, 6) is -14.2. The van der Waals surface area contributed by atoms with Crippen molar-refractivity contribution in [1.29, 1.82) is 0 Å². The highest BCUT2D eigenvalue weighted by Gasteiger charge is 2.43. The number of carbonyl (C=O) groups excluding carboxylic acids is 11. The largest absolute Gasteiger partial charge is 0.494 e. The van der Waals surface area contributed by atoms with E-state index in [0.717, 1.165) is 73.1 Å². The van der Waals surface area contributed by atoms with Crippen LogP contribution in [-0.2, 0) is 96.1 Å². The fourth-order valence-corrected chi connectivity index (χ4v) is 11.8. The number of halogens is 1. The molecule has 0 fully saturated rings. The molecule has 2 aromatic heterocycles. The number of aromatic amines is 2. The van der Waals surface area contributed by atoms with Gasteiger partial charge >= 0.3 is 5.97 Å². The molecule has 0 bridgehead atoms. The van der Waals surface area contributed by atoms with Crippen molar-refractivity contribution in [3.05, 3.63) is 148 Å². The van der Waals surface area contributed by atoms with E-state index in [9.17, 15) is 78.0 Å². The number of nitrogens with two attached hydrogens (primary N) is 2. The molecule has 2 heterocycles. The molecule has 0 aliphatic heterocycles. The van der Waals surface area contributed by atoms with Crippen LogP contribution in [0.4, 0.5) is 4.39 Å². The minimum Gasteiger partial charge on any atom is -0.494 e. The molecule has 111 heavy (non-hydrogen) atoms. The minimum absolute atomic E-state index is 0.0651. The summed E-state index contributed by atoms with van der Waals surface area (Å²) in [5, 5.41) is 79.8. The first kappa shape index (κ1) is 88.3. The first-order valence-corrected chi connectivity index (χ1v) is 36.2. The molecule has 0 radical (unpaired) electrons. The Kier molecular flexibility index (Phi) is 33.7. The van der Waals surface area contributed by atoms with Crippen molar-refractivity contribution < 1.29 is 87.1 Å². The van der Waals surface area contributed by atoms with Crippen molar-refractivity contribution in [2.24, 2.45) is 16.9 Å². The number of hydrogen-bond acceptors (Lipinski definition) is 21. The average Bonchev–Trinajstić information content (AvgIpc) is 1.29. The molecule has 10 atom stereocenters. The van der Waals surface area contributed by atoms with Crippen LogP contribution in [0.15, 0.2) is 97.5 Å². The predicted molar refractivity (Wildman–Crippen MR) is 400 cm³/mol. The summed E-state index contributed by atoms with van der Waals surface area (Å²) in [6, 6.07) is 11.1. The highest BCUT2D eigenvalue weighted by atomic mass is 19.1. The lowest BCUT2D eigenvalue weighted by Gasteiger charge is -2.34. The third kappa shape index (κ3) is 27.2. The Morgan fingerprint density at radius 2 is 1.29 bits per heavy atom. The Bertz CT molecular complexity index is 4160. The van der Waals surface area contributed by atoms with Crippen LogP contribution in [0, 0.1) is 25.1 Å². The Morgan fingerprint density at radius 3 is 1.90 bits per heavy atom. The molecule has 35 nitrogen and oxygen atoms in total. The number of nitrogens with one attached hydrogen (secondary N) is 12. The van der Waals surface area contributed by atoms with Crippen molar-refractivity contribution >= 4 is 70.9 Å². The van der Waals surface area contributed by atoms with Gasteiger partial charge in [-0.25, -0.2) is 9.37 Å². The molecular weight excluding hydrogens is 1440 g/mol. The number of benzene rings is 4. The Labute approximate surface area is 640 Å². The molecule has 6 rings (SSSR count). The van der Waals surface area contributed by atoms with Gasteiger partial charge in [-0.3, -0.25) is 57.5 Å². The number of carboxylic acid groups (broad SMARTS) is 1. The second-order valence-corrected chi connectivity index (χ2v) is 27.8. The maximum atomic E-state index is 15.5. The van der Waals surface area contributed by atoms with E-state index in [1.165, 1.54) is 38.4 Å². The van der Waals surface area contributed by atoms with Crippen molar-refractivity contribution in [3.63, 3.8) is 0 Å². The zero-order chi connectivity index (χ0) is 81.7. The summed E-state index contributed by atoms with van der Waals surface area (Å²) in [4.78, 5) is 173. The van der Waals surface area contributed by atoms with Gasteiger partial charge in [0.25, 0.3) is 0 Å². The molecular formula is C75H101FN18O17. The normalized spacial score (nSPS) is 14.3. The van der Waals surface area contributed by atoms with Crippen LogP contribution in [-0.4, -0.2) is 215 Å². The maximum absolute atomic E-state index is 15.5. The summed E-state index contributed by atoms with van der Waals surface area (Å²) in [5.41, 5.74) is 14.0. The van der Waals surface area contributed by atoms with E-state index in [1.54, 1.807) is 30.5 Å². The number of primary amides is 1. The molecule has 20 N–H and O–H groups in total. The molecule has 0 aliphatic rings. The number of tetrazole rings is 1. The van der Waals surface area contributed by atoms with Gasteiger partial charge in [0, 0.05) is 44.1 Å². The molecule has 0 spiro atoms.